The average molecular weight is 507 g/mol. The number of benzene rings is 2. The zero-order valence-corrected chi connectivity index (χ0v) is 21.2. The summed E-state index contributed by atoms with van der Waals surface area (Å²) in [6, 6.07) is 13.1. The van der Waals surface area contributed by atoms with E-state index in [9.17, 15) is 14.7 Å². The van der Waals surface area contributed by atoms with Crippen LogP contribution in [0.4, 0.5) is 0 Å². The lowest BCUT2D eigenvalue weighted by atomic mass is 9.95. The molecule has 0 aromatic heterocycles. The number of Topliss-reactive ketones (excluding diaryl/α,β-unsaturated/α-hetero) is 1. The van der Waals surface area contributed by atoms with E-state index in [4.69, 9.17) is 14.2 Å². The molecule has 0 bridgehead atoms. The summed E-state index contributed by atoms with van der Waals surface area (Å²) in [5.74, 6) is -0.637. The summed E-state index contributed by atoms with van der Waals surface area (Å²) in [6.07, 6.45) is 2.35. The Morgan fingerprint density at radius 3 is 2.59 bits per heavy atom. The first-order valence-electron chi connectivity index (χ1n) is 12.8. The van der Waals surface area contributed by atoms with Gasteiger partial charge in [-0.2, -0.15) is 0 Å². The first kappa shape index (κ1) is 26.4. The lowest BCUT2D eigenvalue weighted by Gasteiger charge is -2.29. The van der Waals surface area contributed by atoms with Crippen molar-refractivity contribution >= 4 is 17.4 Å². The minimum Gasteiger partial charge on any atom is -0.872 e. The summed E-state index contributed by atoms with van der Waals surface area (Å²) < 4.78 is 16.6. The highest BCUT2D eigenvalue weighted by Gasteiger charge is 2.44. The Hall–Kier alpha value is -3.62. The summed E-state index contributed by atoms with van der Waals surface area (Å²) >= 11 is 0. The molecule has 1 N–H and O–H groups in total. The topological polar surface area (TPSA) is 92.6 Å². The first-order valence-corrected chi connectivity index (χ1v) is 12.8. The maximum Gasteiger partial charge on any atom is 0.295 e. The smallest absolute Gasteiger partial charge is 0.295 e. The van der Waals surface area contributed by atoms with Gasteiger partial charge in [-0.05, 0) is 42.3 Å². The van der Waals surface area contributed by atoms with Gasteiger partial charge in [0.1, 0.15) is 31.2 Å². The summed E-state index contributed by atoms with van der Waals surface area (Å²) in [5, 5.41) is 13.6. The first-order chi connectivity index (χ1) is 18.0. The minimum atomic E-state index is -0.786. The molecule has 0 aliphatic carbocycles. The van der Waals surface area contributed by atoms with Crippen LogP contribution in [-0.2, 0) is 14.3 Å². The molecule has 2 aliphatic rings. The van der Waals surface area contributed by atoms with Crippen LogP contribution >= 0.6 is 0 Å². The van der Waals surface area contributed by atoms with Gasteiger partial charge in [0, 0.05) is 18.5 Å². The molecule has 8 heteroatoms. The van der Waals surface area contributed by atoms with Crippen LogP contribution in [0.1, 0.15) is 30.5 Å². The van der Waals surface area contributed by atoms with Crippen molar-refractivity contribution in [1.29, 1.82) is 0 Å². The molecule has 8 nitrogen and oxygen atoms in total. The van der Waals surface area contributed by atoms with Crippen molar-refractivity contribution in [1.82, 2.24) is 4.90 Å². The predicted molar refractivity (Wildman–Crippen MR) is 137 cm³/mol. The van der Waals surface area contributed by atoms with Crippen LogP contribution in [0.15, 0.2) is 66.8 Å². The fourth-order valence-corrected chi connectivity index (χ4v) is 4.81. The number of nitrogens with one attached hydrogen (secondary N) is 1. The third-order valence-electron chi connectivity index (χ3n) is 6.63. The molecule has 1 amide bonds. The van der Waals surface area contributed by atoms with Gasteiger partial charge in [0.2, 0.25) is 5.78 Å². The van der Waals surface area contributed by atoms with E-state index in [2.05, 4.69) is 6.58 Å². The number of ether oxygens (including phenoxy) is 3. The number of amides is 1. The Morgan fingerprint density at radius 1 is 1.14 bits per heavy atom. The van der Waals surface area contributed by atoms with Gasteiger partial charge in [-0.15, -0.1) is 0 Å². The zero-order chi connectivity index (χ0) is 26.2. The largest absolute Gasteiger partial charge is 0.872 e. The van der Waals surface area contributed by atoms with E-state index < -0.39 is 23.5 Å². The number of carbonyl (C=O) groups is 2. The number of rotatable bonds is 11. The molecule has 37 heavy (non-hydrogen) atoms. The van der Waals surface area contributed by atoms with Gasteiger partial charge < -0.3 is 29.1 Å². The number of carbonyl (C=O) groups excluding carboxylic acids is 2. The molecular formula is C29H34N2O6. The van der Waals surface area contributed by atoms with Gasteiger partial charge in [0.05, 0.1) is 32.4 Å². The second kappa shape index (κ2) is 12.6. The van der Waals surface area contributed by atoms with E-state index in [1.807, 2.05) is 13.0 Å². The second-order valence-electron chi connectivity index (χ2n) is 9.07. The number of quaternary nitrogens is 1. The maximum atomic E-state index is 13.6. The molecule has 1 unspecified atom stereocenters. The lowest BCUT2D eigenvalue weighted by molar-refractivity contribution is -0.908. The average Bonchev–Trinajstić information content (AvgIpc) is 3.18. The van der Waals surface area contributed by atoms with Crippen LogP contribution in [0.2, 0.25) is 0 Å². The van der Waals surface area contributed by atoms with Gasteiger partial charge in [-0.3, -0.25) is 9.59 Å². The molecule has 2 aromatic rings. The highest BCUT2D eigenvalue weighted by Crippen LogP contribution is 2.39. The van der Waals surface area contributed by atoms with Crippen LogP contribution in [0.3, 0.4) is 0 Å². The molecule has 0 spiro atoms. The SMILES string of the molecule is C=CCOc1cccc(C2/C(=C(\[O-])c3ccc(OCC)cc3)C(=O)C(=O)N2CCC[NH+]2CCOCC2)c1. The molecule has 2 saturated heterocycles. The van der Waals surface area contributed by atoms with Gasteiger partial charge >= 0.3 is 0 Å². The lowest BCUT2D eigenvalue weighted by Crippen LogP contribution is -3.14. The molecule has 0 saturated carbocycles. The molecule has 196 valence electrons. The fraction of sp³-hybridized carbons (Fsp3) is 0.379. The van der Waals surface area contributed by atoms with E-state index in [-0.39, 0.29) is 5.57 Å². The summed E-state index contributed by atoms with van der Waals surface area (Å²) in [6.45, 7) is 10.9. The molecule has 0 radical (unpaired) electrons. The van der Waals surface area contributed by atoms with Crippen molar-refractivity contribution in [2.24, 2.45) is 0 Å². The van der Waals surface area contributed by atoms with Gasteiger partial charge in [-0.25, -0.2) is 0 Å². The van der Waals surface area contributed by atoms with Gasteiger partial charge in [0.15, 0.2) is 0 Å². The molecule has 4 rings (SSSR count). The number of morpholine rings is 1. The van der Waals surface area contributed by atoms with E-state index in [0.717, 1.165) is 32.8 Å². The quantitative estimate of drug-likeness (QED) is 0.213. The second-order valence-corrected chi connectivity index (χ2v) is 9.07. The third-order valence-corrected chi connectivity index (χ3v) is 6.63. The number of ketones is 1. The number of hydrogen-bond donors (Lipinski definition) is 1. The maximum absolute atomic E-state index is 13.6. The molecule has 2 heterocycles. The Kier molecular flexibility index (Phi) is 8.98. The highest BCUT2D eigenvalue weighted by atomic mass is 16.5. The number of hydrogen-bond acceptors (Lipinski definition) is 6. The van der Waals surface area contributed by atoms with Crippen molar-refractivity contribution in [3.8, 4) is 11.5 Å². The van der Waals surface area contributed by atoms with Crippen LogP contribution in [0, 0.1) is 0 Å². The summed E-state index contributed by atoms with van der Waals surface area (Å²) in [7, 11) is 0. The molecule has 2 fully saturated rings. The van der Waals surface area contributed by atoms with Crippen LogP contribution < -0.4 is 19.5 Å². The van der Waals surface area contributed by atoms with E-state index in [1.165, 1.54) is 9.80 Å². The van der Waals surface area contributed by atoms with Gasteiger partial charge in [-0.1, -0.05) is 42.7 Å². The van der Waals surface area contributed by atoms with E-state index in [0.29, 0.717) is 48.8 Å². The highest BCUT2D eigenvalue weighted by molar-refractivity contribution is 6.46. The standard InChI is InChI=1S/C29H34N2O6/c1-3-17-37-24-8-5-7-22(20-24)26-25(27(32)21-9-11-23(12-10-21)36-4-2)28(33)29(34)31(26)14-6-13-30-15-18-35-19-16-30/h3,5,7-12,20,26,32H,1,4,6,13-19H2,2H3/b27-25+. The van der Waals surface area contributed by atoms with Crippen molar-refractivity contribution in [2.75, 3.05) is 52.6 Å². The fourth-order valence-electron chi connectivity index (χ4n) is 4.81. The van der Waals surface area contributed by atoms with Crippen molar-refractivity contribution in [3.05, 3.63) is 77.9 Å². The molecule has 2 aromatic carbocycles. The minimum absolute atomic E-state index is 0.0336. The van der Waals surface area contributed by atoms with Crippen molar-refractivity contribution in [3.63, 3.8) is 0 Å². The van der Waals surface area contributed by atoms with Crippen LogP contribution in [-0.4, -0.2) is 69.2 Å². The summed E-state index contributed by atoms with van der Waals surface area (Å²) in [4.78, 5) is 29.4. The Bertz CT molecular complexity index is 1140. The Morgan fingerprint density at radius 2 is 1.89 bits per heavy atom. The predicted octanol–water partition coefficient (Wildman–Crippen LogP) is 1.18. The molecule has 2 aliphatic heterocycles. The van der Waals surface area contributed by atoms with Crippen molar-refractivity contribution in [2.45, 2.75) is 19.4 Å². The molecular weight excluding hydrogens is 472 g/mol. The van der Waals surface area contributed by atoms with Gasteiger partial charge in [0.25, 0.3) is 5.91 Å². The number of nitrogens with zero attached hydrogens (tertiary/aromatic N) is 1. The van der Waals surface area contributed by atoms with Crippen LogP contribution in [0.25, 0.3) is 5.76 Å². The van der Waals surface area contributed by atoms with Crippen molar-refractivity contribution < 1.29 is 33.8 Å². The number of likely N-dealkylation sites (tertiary alicyclic amines) is 1. The molecule has 1 atom stereocenters. The summed E-state index contributed by atoms with van der Waals surface area (Å²) in [5.41, 5.74) is 0.964. The Balaban J connectivity index is 1.67. The third kappa shape index (κ3) is 6.21. The monoisotopic (exact) mass is 506 g/mol. The zero-order valence-electron chi connectivity index (χ0n) is 21.2. The Labute approximate surface area is 217 Å². The van der Waals surface area contributed by atoms with E-state index in [1.54, 1.807) is 48.5 Å². The normalized spacial score (nSPS) is 19.7. The van der Waals surface area contributed by atoms with Crippen LogP contribution in [0.5, 0.6) is 11.5 Å². The van der Waals surface area contributed by atoms with E-state index >= 15 is 0 Å².